The normalized spacial score (nSPS) is 12.3. The first-order valence-electron chi connectivity index (χ1n) is 14.0. The van der Waals surface area contributed by atoms with Gasteiger partial charge in [0.15, 0.2) is 6.10 Å². The summed E-state index contributed by atoms with van der Waals surface area (Å²) < 4.78 is 14.2. The van der Waals surface area contributed by atoms with E-state index < -0.39 is 12.1 Å². The van der Waals surface area contributed by atoms with Gasteiger partial charge < -0.3 is 19.1 Å². The van der Waals surface area contributed by atoms with Gasteiger partial charge in [-0.1, -0.05) is 68.8 Å². The van der Waals surface area contributed by atoms with Gasteiger partial charge in [0, 0.05) is 49.6 Å². The van der Waals surface area contributed by atoms with E-state index in [-0.39, 0.29) is 34.3 Å². The van der Waals surface area contributed by atoms with Crippen LogP contribution >= 0.6 is 23.4 Å². The third kappa shape index (κ3) is 8.56. The number of halogens is 1. The molecule has 43 heavy (non-hydrogen) atoms. The Hall–Kier alpha value is -2.52. The zero-order chi connectivity index (χ0) is 29.9. The van der Waals surface area contributed by atoms with Gasteiger partial charge in [0.05, 0.1) is 17.8 Å². The van der Waals surface area contributed by atoms with Gasteiger partial charge in [-0.2, -0.15) is 0 Å². The Morgan fingerprint density at radius 2 is 1.79 bits per heavy atom. The average Bonchev–Trinajstić information content (AvgIpc) is 3.22. The molecule has 0 aliphatic heterocycles. The van der Waals surface area contributed by atoms with Crippen LogP contribution in [-0.2, 0) is 29.1 Å². The predicted molar refractivity (Wildman–Crippen MR) is 178 cm³/mol. The van der Waals surface area contributed by atoms with Crippen molar-refractivity contribution >= 4 is 80.7 Å². The van der Waals surface area contributed by atoms with Gasteiger partial charge in [-0.05, 0) is 55.0 Å². The van der Waals surface area contributed by atoms with E-state index in [9.17, 15) is 9.90 Å². The molecule has 0 amide bonds. The third-order valence-electron chi connectivity index (χ3n) is 6.85. The molecule has 0 aliphatic carbocycles. The minimum absolute atomic E-state index is 0. The zero-order valence-corrected chi connectivity index (χ0v) is 25.8. The predicted octanol–water partition coefficient (Wildman–Crippen LogP) is 7.74. The number of carbonyl (C=O) groups is 1. The van der Waals surface area contributed by atoms with Crippen LogP contribution in [0.15, 0.2) is 83.8 Å². The number of para-hydroxylation sites is 1. The number of pyridine rings is 1. The van der Waals surface area contributed by atoms with Crippen LogP contribution in [-0.4, -0.2) is 67.6 Å². The van der Waals surface area contributed by atoms with Gasteiger partial charge in [0.2, 0.25) is 0 Å². The van der Waals surface area contributed by atoms with Crippen LogP contribution in [0, 0.1) is 0 Å². The standard InChI is InChI=1S/C34H35ClN2O4S.Na.H/c1-22(33(38)39)40-18-17-31-32(42-34(2,3)4)28-19-27(41-21-26-14-11-24-7-5-6-8-29(24)36-26)15-16-30(28)37(31)20-23-9-12-25(35)13-10-23;;/h5-16,19,22H,17-18,20-21H2,1-4H3,(H,38,39);;. The van der Waals surface area contributed by atoms with E-state index in [0.29, 0.717) is 31.2 Å². The topological polar surface area (TPSA) is 73.6 Å². The SMILES string of the molecule is CC(OCCc1c(SC(C)(C)C)c2cc(OCc3ccc4ccccc4n3)ccc2n1Cc1ccc(Cl)cc1)C(=O)O.[NaH]. The summed E-state index contributed by atoms with van der Waals surface area (Å²) in [5, 5.41) is 12.2. The van der Waals surface area contributed by atoms with E-state index >= 15 is 0 Å². The van der Waals surface area contributed by atoms with Gasteiger partial charge in [0.25, 0.3) is 0 Å². The fraction of sp³-hybridized carbons (Fsp3) is 0.294. The number of hydrogen-bond donors (Lipinski definition) is 1. The molecule has 5 aromatic rings. The molecule has 3 aromatic carbocycles. The van der Waals surface area contributed by atoms with Crippen molar-refractivity contribution in [2.24, 2.45) is 0 Å². The molecular formula is C34H36ClN2NaO4S. The molecule has 9 heteroatoms. The number of ether oxygens (including phenoxy) is 2. The van der Waals surface area contributed by atoms with Crippen molar-refractivity contribution in [2.45, 2.75) is 63.0 Å². The van der Waals surface area contributed by atoms with Crippen LogP contribution in [0.2, 0.25) is 5.02 Å². The Balaban J connectivity index is 0.00000423. The Bertz CT molecular complexity index is 1720. The molecular weight excluding hydrogens is 591 g/mol. The molecule has 1 atom stereocenters. The minimum atomic E-state index is -0.969. The quantitative estimate of drug-likeness (QED) is 0.119. The number of rotatable bonds is 11. The Labute approximate surface area is 284 Å². The van der Waals surface area contributed by atoms with Crippen molar-refractivity contribution < 1.29 is 19.4 Å². The van der Waals surface area contributed by atoms with Crippen LogP contribution in [0.1, 0.15) is 44.6 Å². The molecule has 6 nitrogen and oxygen atoms in total. The number of aromatic nitrogens is 2. The van der Waals surface area contributed by atoms with Gasteiger partial charge in [0.1, 0.15) is 12.4 Å². The van der Waals surface area contributed by atoms with E-state index in [1.54, 1.807) is 18.7 Å². The maximum atomic E-state index is 11.4. The molecule has 1 unspecified atom stereocenters. The Morgan fingerprint density at radius 1 is 1.05 bits per heavy atom. The van der Waals surface area contributed by atoms with Crippen molar-refractivity contribution in [1.82, 2.24) is 9.55 Å². The number of fused-ring (bicyclic) bond motifs is 2. The summed E-state index contributed by atoms with van der Waals surface area (Å²) >= 11 is 7.97. The first kappa shape index (κ1) is 33.4. The average molecular weight is 627 g/mol. The first-order chi connectivity index (χ1) is 20.1. The Morgan fingerprint density at radius 3 is 2.51 bits per heavy atom. The van der Waals surface area contributed by atoms with Crippen LogP contribution in [0.3, 0.4) is 0 Å². The number of hydrogen-bond acceptors (Lipinski definition) is 5. The monoisotopic (exact) mass is 626 g/mol. The van der Waals surface area contributed by atoms with E-state index in [2.05, 4.69) is 49.6 Å². The maximum absolute atomic E-state index is 11.4. The van der Waals surface area contributed by atoms with Crippen molar-refractivity contribution in [3.05, 3.63) is 101 Å². The molecule has 0 fully saturated rings. The van der Waals surface area contributed by atoms with E-state index in [4.69, 9.17) is 26.1 Å². The molecule has 0 aliphatic rings. The number of nitrogens with zero attached hydrogens (tertiary/aromatic N) is 2. The number of carboxylic acids is 1. The van der Waals surface area contributed by atoms with Crippen molar-refractivity contribution in [3.63, 3.8) is 0 Å². The fourth-order valence-electron chi connectivity index (χ4n) is 4.82. The van der Waals surface area contributed by atoms with Gasteiger partial charge in [-0.25, -0.2) is 9.78 Å². The summed E-state index contributed by atoms with van der Waals surface area (Å²) in [6.45, 7) is 9.43. The summed E-state index contributed by atoms with van der Waals surface area (Å²) in [5.74, 6) is -0.206. The molecule has 0 saturated heterocycles. The second-order valence-corrected chi connectivity index (χ2v) is 13.5. The van der Waals surface area contributed by atoms with Crippen molar-refractivity contribution in [2.75, 3.05) is 6.61 Å². The van der Waals surface area contributed by atoms with Gasteiger partial charge in [-0.3, -0.25) is 0 Å². The molecule has 0 radical (unpaired) electrons. The molecule has 0 spiro atoms. The summed E-state index contributed by atoms with van der Waals surface area (Å²) in [4.78, 5) is 17.3. The molecule has 2 aromatic heterocycles. The summed E-state index contributed by atoms with van der Waals surface area (Å²) in [6, 6.07) is 26.2. The Kier molecular flexibility index (Phi) is 11.3. The molecule has 0 saturated carbocycles. The number of benzene rings is 3. The van der Waals surface area contributed by atoms with E-state index in [0.717, 1.165) is 49.4 Å². The van der Waals surface area contributed by atoms with E-state index in [1.165, 1.54) is 0 Å². The first-order valence-corrected chi connectivity index (χ1v) is 15.2. The number of carboxylic acid groups (broad SMARTS) is 1. The van der Waals surface area contributed by atoms with Gasteiger partial charge >= 0.3 is 35.5 Å². The molecule has 5 rings (SSSR count). The molecule has 0 bridgehead atoms. The zero-order valence-electron chi connectivity index (χ0n) is 24.3. The summed E-state index contributed by atoms with van der Waals surface area (Å²) in [5.41, 5.74) is 5.11. The second kappa shape index (κ2) is 14.5. The van der Waals surface area contributed by atoms with Crippen LogP contribution in [0.5, 0.6) is 5.75 Å². The third-order valence-corrected chi connectivity index (χ3v) is 8.37. The van der Waals surface area contributed by atoms with Crippen molar-refractivity contribution in [1.29, 1.82) is 0 Å². The van der Waals surface area contributed by atoms with Crippen LogP contribution in [0.4, 0.5) is 0 Å². The number of thioether (sulfide) groups is 1. The van der Waals surface area contributed by atoms with Crippen molar-refractivity contribution in [3.8, 4) is 5.75 Å². The fourth-order valence-corrected chi connectivity index (χ4v) is 6.16. The summed E-state index contributed by atoms with van der Waals surface area (Å²) in [7, 11) is 0. The molecule has 2 heterocycles. The second-order valence-electron chi connectivity index (χ2n) is 11.3. The van der Waals surface area contributed by atoms with Gasteiger partial charge in [-0.15, -0.1) is 11.8 Å². The molecule has 220 valence electrons. The van der Waals surface area contributed by atoms with Crippen LogP contribution < -0.4 is 4.74 Å². The van der Waals surface area contributed by atoms with Crippen LogP contribution in [0.25, 0.3) is 21.8 Å². The van der Waals surface area contributed by atoms with E-state index in [1.807, 2.05) is 54.6 Å². The summed E-state index contributed by atoms with van der Waals surface area (Å²) in [6.07, 6.45) is -0.309. The number of aliphatic carboxylic acids is 1. The molecule has 1 N–H and O–H groups in total.